The van der Waals surface area contributed by atoms with Crippen LogP contribution in [0.15, 0.2) is 42.7 Å². The van der Waals surface area contributed by atoms with Gasteiger partial charge in [-0.3, -0.25) is 14.2 Å². The molecule has 0 spiro atoms. The molecule has 10 heteroatoms. The van der Waals surface area contributed by atoms with E-state index in [1.807, 2.05) is 16.9 Å². The van der Waals surface area contributed by atoms with Gasteiger partial charge < -0.3 is 10.6 Å². The quantitative estimate of drug-likeness (QED) is 0.487. The number of anilines is 1. The molecular formula is C23H23FN8O. The predicted molar refractivity (Wildman–Crippen MR) is 119 cm³/mol. The molecule has 9 nitrogen and oxygen atoms in total. The number of nitrogens with two attached hydrogens (primary N) is 1. The van der Waals surface area contributed by atoms with Gasteiger partial charge >= 0.3 is 0 Å². The number of nitrogen functional groups attached to an aromatic ring is 1. The van der Waals surface area contributed by atoms with E-state index in [0.717, 1.165) is 12.2 Å². The van der Waals surface area contributed by atoms with Crippen molar-refractivity contribution in [2.75, 3.05) is 18.8 Å². The van der Waals surface area contributed by atoms with Gasteiger partial charge in [-0.1, -0.05) is 11.3 Å². The van der Waals surface area contributed by atoms with E-state index in [4.69, 9.17) is 10.8 Å². The third-order valence-corrected chi connectivity index (χ3v) is 6.38. The first-order chi connectivity index (χ1) is 16.0. The average Bonchev–Trinajstić information content (AvgIpc) is 3.35. The minimum Gasteiger partial charge on any atom is -0.384 e. The smallest absolute Gasteiger partial charge is 0.254 e. The number of pyridine rings is 1. The van der Waals surface area contributed by atoms with Gasteiger partial charge in [0.15, 0.2) is 0 Å². The Morgan fingerprint density at radius 2 is 2.06 bits per heavy atom. The molecule has 1 amide bonds. The summed E-state index contributed by atoms with van der Waals surface area (Å²) in [5.41, 5.74) is 8.37. The van der Waals surface area contributed by atoms with Gasteiger partial charge in [0.2, 0.25) is 0 Å². The molecule has 33 heavy (non-hydrogen) atoms. The topological polar surface area (TPSA) is 108 Å². The number of benzene rings is 1. The molecule has 3 aromatic heterocycles. The van der Waals surface area contributed by atoms with Gasteiger partial charge in [-0.05, 0) is 43.0 Å². The van der Waals surface area contributed by atoms with Crippen LogP contribution in [-0.2, 0) is 13.1 Å². The first-order valence-corrected chi connectivity index (χ1v) is 11.1. The lowest BCUT2D eigenvalue weighted by Gasteiger charge is -2.38. The van der Waals surface area contributed by atoms with E-state index in [0.29, 0.717) is 53.5 Å². The number of aromatic nitrogens is 6. The summed E-state index contributed by atoms with van der Waals surface area (Å²) in [5.74, 6) is 0.548. The first-order valence-electron chi connectivity index (χ1n) is 11.1. The fraction of sp³-hybridized carbons (Fsp3) is 0.348. The monoisotopic (exact) mass is 446 g/mol. The molecule has 1 saturated heterocycles. The molecule has 2 fully saturated rings. The Kier molecular flexibility index (Phi) is 4.60. The zero-order chi connectivity index (χ0) is 22.5. The van der Waals surface area contributed by atoms with E-state index in [2.05, 4.69) is 15.3 Å². The molecule has 1 aliphatic carbocycles. The number of hydrogen-bond donors (Lipinski definition) is 1. The summed E-state index contributed by atoms with van der Waals surface area (Å²) >= 11 is 0. The van der Waals surface area contributed by atoms with Gasteiger partial charge in [-0.15, -0.1) is 5.10 Å². The number of likely N-dealkylation sites (tertiary alicyclic amines) is 1. The largest absolute Gasteiger partial charge is 0.384 e. The molecule has 6 rings (SSSR count). The van der Waals surface area contributed by atoms with Gasteiger partial charge in [0, 0.05) is 37.3 Å². The second-order valence-electron chi connectivity index (χ2n) is 8.93. The van der Waals surface area contributed by atoms with Crippen LogP contribution >= 0.6 is 0 Å². The number of hydrogen-bond acceptors (Lipinski definition) is 6. The number of nitrogens with zero attached hydrogens (tertiary/aromatic N) is 7. The lowest BCUT2D eigenvalue weighted by Crippen LogP contribution is -2.48. The molecule has 0 atom stereocenters. The standard InChI is InChI=1S/C23H23FN8O/c24-18-2-1-3-19-21(18)22(16-10-30(11-16)23(33)15-6-7-26-20(25)8-15)28-32(19)13-17-12-31(29-27-17)9-14-4-5-14/h1-3,6-8,12,14,16H,4-5,9-11,13H2,(H2,25,26). The van der Waals surface area contributed by atoms with E-state index in [9.17, 15) is 9.18 Å². The summed E-state index contributed by atoms with van der Waals surface area (Å²) in [5, 5.41) is 13.8. The highest BCUT2D eigenvalue weighted by atomic mass is 19.1. The summed E-state index contributed by atoms with van der Waals surface area (Å²) in [6.45, 7) is 2.25. The summed E-state index contributed by atoms with van der Waals surface area (Å²) in [7, 11) is 0. The molecule has 1 aliphatic heterocycles. The number of fused-ring (bicyclic) bond motifs is 1. The van der Waals surface area contributed by atoms with E-state index < -0.39 is 0 Å². The molecular weight excluding hydrogens is 423 g/mol. The molecule has 4 heterocycles. The molecule has 0 bridgehead atoms. The Bertz CT molecular complexity index is 1350. The van der Waals surface area contributed by atoms with E-state index in [-0.39, 0.29) is 17.6 Å². The second-order valence-corrected chi connectivity index (χ2v) is 8.93. The number of carbonyl (C=O) groups excluding carboxylic acids is 1. The highest BCUT2D eigenvalue weighted by molar-refractivity contribution is 5.95. The van der Waals surface area contributed by atoms with E-state index in [1.165, 1.54) is 25.1 Å². The number of rotatable bonds is 6. The molecule has 0 unspecified atom stereocenters. The number of amides is 1. The van der Waals surface area contributed by atoms with Gasteiger partial charge in [0.1, 0.15) is 17.3 Å². The lowest BCUT2D eigenvalue weighted by atomic mass is 9.93. The van der Waals surface area contributed by atoms with Crippen LogP contribution in [0.3, 0.4) is 0 Å². The summed E-state index contributed by atoms with van der Waals surface area (Å²) in [6, 6.07) is 8.21. The molecule has 4 aromatic rings. The lowest BCUT2D eigenvalue weighted by molar-refractivity contribution is 0.0599. The Hall–Kier alpha value is -3.82. The third-order valence-electron chi connectivity index (χ3n) is 6.38. The first kappa shape index (κ1) is 19.8. The number of carbonyl (C=O) groups is 1. The van der Waals surface area contributed by atoms with Gasteiger partial charge in [-0.2, -0.15) is 5.10 Å². The predicted octanol–water partition coefficient (Wildman–Crippen LogP) is 2.44. The summed E-state index contributed by atoms with van der Waals surface area (Å²) in [4.78, 5) is 18.4. The minimum atomic E-state index is -0.308. The van der Waals surface area contributed by atoms with Crippen molar-refractivity contribution in [3.05, 3.63) is 65.5 Å². The zero-order valence-electron chi connectivity index (χ0n) is 17.9. The molecule has 2 N–H and O–H groups in total. The van der Waals surface area contributed by atoms with Crippen molar-refractivity contribution in [2.45, 2.75) is 31.8 Å². The van der Waals surface area contributed by atoms with Crippen molar-refractivity contribution in [1.29, 1.82) is 0 Å². The van der Waals surface area contributed by atoms with Crippen LogP contribution in [0.1, 0.15) is 40.5 Å². The fourth-order valence-electron chi connectivity index (χ4n) is 4.42. The van der Waals surface area contributed by atoms with Gasteiger partial charge in [0.05, 0.1) is 29.3 Å². The van der Waals surface area contributed by atoms with Crippen LogP contribution in [0.5, 0.6) is 0 Å². The van der Waals surface area contributed by atoms with Crippen LogP contribution < -0.4 is 5.73 Å². The summed E-state index contributed by atoms with van der Waals surface area (Å²) in [6.07, 6.45) is 5.95. The van der Waals surface area contributed by atoms with Crippen LogP contribution in [0.2, 0.25) is 0 Å². The van der Waals surface area contributed by atoms with Crippen LogP contribution in [0.25, 0.3) is 10.9 Å². The van der Waals surface area contributed by atoms with Crippen molar-refractivity contribution >= 4 is 22.6 Å². The third kappa shape index (κ3) is 3.71. The normalized spacial score (nSPS) is 16.3. The van der Waals surface area contributed by atoms with Crippen molar-refractivity contribution in [3.63, 3.8) is 0 Å². The Labute approximate surface area is 189 Å². The Morgan fingerprint density at radius 3 is 2.85 bits per heavy atom. The van der Waals surface area contributed by atoms with E-state index >= 15 is 0 Å². The minimum absolute atomic E-state index is 0.0423. The van der Waals surface area contributed by atoms with Crippen LogP contribution in [-0.4, -0.2) is 53.7 Å². The van der Waals surface area contributed by atoms with Crippen LogP contribution in [0, 0.1) is 11.7 Å². The maximum atomic E-state index is 14.9. The highest BCUT2D eigenvalue weighted by Crippen LogP contribution is 2.34. The van der Waals surface area contributed by atoms with E-state index in [1.54, 1.807) is 27.8 Å². The van der Waals surface area contributed by atoms with Gasteiger partial charge in [-0.25, -0.2) is 9.37 Å². The highest BCUT2D eigenvalue weighted by Gasteiger charge is 2.36. The number of halogens is 1. The average molecular weight is 446 g/mol. The molecule has 0 radical (unpaired) electrons. The molecule has 168 valence electrons. The Morgan fingerprint density at radius 1 is 1.21 bits per heavy atom. The summed E-state index contributed by atoms with van der Waals surface area (Å²) < 4.78 is 18.5. The molecule has 1 saturated carbocycles. The van der Waals surface area contributed by atoms with Crippen molar-refractivity contribution in [2.24, 2.45) is 5.92 Å². The SMILES string of the molecule is Nc1cc(C(=O)N2CC(c3nn(Cc4cn(CC5CC5)nn4)c4cccc(F)c34)C2)ccn1. The van der Waals surface area contributed by atoms with Crippen LogP contribution in [0.4, 0.5) is 10.2 Å². The fourth-order valence-corrected chi connectivity index (χ4v) is 4.42. The second kappa shape index (κ2) is 7.65. The zero-order valence-corrected chi connectivity index (χ0v) is 17.9. The van der Waals surface area contributed by atoms with Gasteiger partial charge in [0.25, 0.3) is 5.91 Å². The maximum absolute atomic E-state index is 14.9. The van der Waals surface area contributed by atoms with Crippen molar-refractivity contribution in [1.82, 2.24) is 34.7 Å². The molecule has 1 aromatic carbocycles. The Balaban J connectivity index is 1.24. The maximum Gasteiger partial charge on any atom is 0.254 e. The van der Waals surface area contributed by atoms with Crippen molar-refractivity contribution in [3.8, 4) is 0 Å². The molecule has 2 aliphatic rings. The van der Waals surface area contributed by atoms with Crippen molar-refractivity contribution < 1.29 is 9.18 Å².